The Hall–Kier alpha value is -0.160. The van der Waals surface area contributed by atoms with Crippen molar-refractivity contribution in [2.24, 2.45) is 0 Å². The van der Waals surface area contributed by atoms with Gasteiger partial charge in [-0.1, -0.05) is 13.8 Å². The first-order valence-electron chi connectivity index (χ1n) is 3.21. The lowest BCUT2D eigenvalue weighted by Crippen LogP contribution is -2.18. The molecule has 0 aromatic heterocycles. The van der Waals surface area contributed by atoms with Gasteiger partial charge in [0.15, 0.2) is 0 Å². The van der Waals surface area contributed by atoms with Gasteiger partial charge in [0.1, 0.15) is 4.75 Å². The molecule has 0 aliphatic carbocycles. The molecule has 0 unspecified atom stereocenters. The minimum atomic E-state index is -0.111. The molecule has 2 heteroatoms. The molecule has 0 rings (SSSR count). The van der Waals surface area contributed by atoms with E-state index in [9.17, 15) is 0 Å². The maximum atomic E-state index is 8.71. The second-order valence-electron chi connectivity index (χ2n) is 2.02. The summed E-state index contributed by atoms with van der Waals surface area (Å²) in [5, 5.41) is 8.71. The van der Waals surface area contributed by atoms with Gasteiger partial charge in [0, 0.05) is 0 Å². The van der Waals surface area contributed by atoms with Gasteiger partial charge < -0.3 is 0 Å². The fourth-order valence-corrected chi connectivity index (χ4v) is 1.41. The van der Waals surface area contributed by atoms with Gasteiger partial charge >= 0.3 is 0 Å². The van der Waals surface area contributed by atoms with Crippen molar-refractivity contribution in [1.29, 1.82) is 5.26 Å². The molecule has 0 amide bonds. The lowest BCUT2D eigenvalue weighted by Gasteiger charge is -2.19. The summed E-state index contributed by atoms with van der Waals surface area (Å²) in [5.41, 5.74) is 0. The van der Waals surface area contributed by atoms with Crippen LogP contribution in [0.1, 0.15) is 26.7 Å². The summed E-state index contributed by atoms with van der Waals surface area (Å²) in [4.78, 5) is 0. The Labute approximate surface area is 61.4 Å². The molecular formula is C7H13NS. The zero-order valence-corrected chi connectivity index (χ0v) is 7.09. The molecule has 0 aliphatic heterocycles. The monoisotopic (exact) mass is 143 g/mol. The smallest absolute Gasteiger partial charge is 0.102 e. The summed E-state index contributed by atoms with van der Waals surface area (Å²) < 4.78 is -0.111. The minimum Gasteiger partial charge on any atom is -0.197 e. The predicted octanol–water partition coefficient (Wildman–Crippen LogP) is 2.43. The van der Waals surface area contributed by atoms with Gasteiger partial charge in [-0.15, -0.1) is 11.8 Å². The SMILES string of the molecule is CCC(C#N)(CC)SC. The van der Waals surface area contributed by atoms with Crippen LogP contribution in [-0.4, -0.2) is 11.0 Å². The van der Waals surface area contributed by atoms with Crippen LogP contribution in [0, 0.1) is 11.3 Å². The summed E-state index contributed by atoms with van der Waals surface area (Å²) in [5.74, 6) is 0. The number of hydrogen-bond acceptors (Lipinski definition) is 2. The van der Waals surface area contributed by atoms with Gasteiger partial charge in [-0.05, 0) is 19.1 Å². The fourth-order valence-electron chi connectivity index (χ4n) is 0.742. The van der Waals surface area contributed by atoms with E-state index in [-0.39, 0.29) is 4.75 Å². The molecule has 1 nitrogen and oxygen atoms in total. The molecule has 0 radical (unpaired) electrons. The molecule has 0 atom stereocenters. The first-order valence-corrected chi connectivity index (χ1v) is 4.43. The Morgan fingerprint density at radius 2 is 1.89 bits per heavy atom. The average Bonchev–Trinajstić information content (AvgIpc) is 1.95. The Bertz CT molecular complexity index is 102. The summed E-state index contributed by atoms with van der Waals surface area (Å²) >= 11 is 1.66. The molecule has 0 N–H and O–H groups in total. The van der Waals surface area contributed by atoms with Gasteiger partial charge in [0.25, 0.3) is 0 Å². The van der Waals surface area contributed by atoms with E-state index in [1.165, 1.54) is 0 Å². The fraction of sp³-hybridized carbons (Fsp3) is 0.857. The van der Waals surface area contributed by atoms with Gasteiger partial charge in [0.05, 0.1) is 6.07 Å². The summed E-state index contributed by atoms with van der Waals surface area (Å²) in [6, 6.07) is 2.33. The highest BCUT2D eigenvalue weighted by Crippen LogP contribution is 2.28. The third kappa shape index (κ3) is 1.91. The quantitative estimate of drug-likeness (QED) is 0.606. The molecule has 0 saturated heterocycles. The Kier molecular flexibility index (Phi) is 3.72. The van der Waals surface area contributed by atoms with Crippen molar-refractivity contribution in [3.63, 3.8) is 0 Å². The average molecular weight is 143 g/mol. The lowest BCUT2D eigenvalue weighted by atomic mass is 10.1. The second-order valence-corrected chi connectivity index (χ2v) is 3.21. The van der Waals surface area contributed by atoms with Crippen LogP contribution in [-0.2, 0) is 0 Å². The Morgan fingerprint density at radius 1 is 1.44 bits per heavy atom. The molecule has 0 spiro atoms. The highest BCUT2D eigenvalue weighted by atomic mass is 32.2. The molecule has 0 aliphatic rings. The molecule has 0 heterocycles. The van der Waals surface area contributed by atoms with E-state index < -0.39 is 0 Å². The van der Waals surface area contributed by atoms with Crippen molar-refractivity contribution in [2.75, 3.05) is 6.26 Å². The molecule has 0 aromatic rings. The van der Waals surface area contributed by atoms with Crippen molar-refractivity contribution >= 4 is 11.8 Å². The highest BCUT2D eigenvalue weighted by Gasteiger charge is 2.23. The predicted molar refractivity (Wildman–Crippen MR) is 42.4 cm³/mol. The standard InChI is InChI=1S/C7H13NS/c1-4-7(5-2,6-8)9-3/h4-5H2,1-3H3. The maximum Gasteiger partial charge on any atom is 0.102 e. The molecule has 0 bridgehead atoms. The molecular weight excluding hydrogens is 130 g/mol. The summed E-state index contributed by atoms with van der Waals surface area (Å²) in [6.07, 6.45) is 3.89. The van der Waals surface area contributed by atoms with Crippen LogP contribution in [0.5, 0.6) is 0 Å². The molecule has 0 aromatic carbocycles. The largest absolute Gasteiger partial charge is 0.197 e. The van der Waals surface area contributed by atoms with Crippen LogP contribution in [0.2, 0.25) is 0 Å². The third-order valence-corrected chi connectivity index (χ3v) is 3.19. The zero-order valence-electron chi connectivity index (χ0n) is 6.27. The van der Waals surface area contributed by atoms with E-state index in [4.69, 9.17) is 5.26 Å². The van der Waals surface area contributed by atoms with Crippen LogP contribution < -0.4 is 0 Å². The summed E-state index contributed by atoms with van der Waals surface area (Å²) in [7, 11) is 0. The number of nitriles is 1. The van der Waals surface area contributed by atoms with Gasteiger partial charge in [-0.25, -0.2) is 0 Å². The van der Waals surface area contributed by atoms with Crippen LogP contribution >= 0.6 is 11.8 Å². The van der Waals surface area contributed by atoms with Crippen LogP contribution in [0.15, 0.2) is 0 Å². The van der Waals surface area contributed by atoms with Gasteiger partial charge in [-0.2, -0.15) is 5.26 Å². The van der Waals surface area contributed by atoms with Crippen molar-refractivity contribution in [2.45, 2.75) is 31.4 Å². The summed E-state index contributed by atoms with van der Waals surface area (Å²) in [6.45, 7) is 4.12. The third-order valence-electron chi connectivity index (χ3n) is 1.74. The van der Waals surface area contributed by atoms with E-state index >= 15 is 0 Å². The molecule has 52 valence electrons. The van der Waals surface area contributed by atoms with Crippen LogP contribution in [0.3, 0.4) is 0 Å². The van der Waals surface area contributed by atoms with E-state index in [0.29, 0.717) is 0 Å². The lowest BCUT2D eigenvalue weighted by molar-refractivity contribution is 0.674. The molecule has 0 saturated carbocycles. The van der Waals surface area contributed by atoms with Crippen molar-refractivity contribution in [3.05, 3.63) is 0 Å². The Morgan fingerprint density at radius 3 is 1.89 bits per heavy atom. The first-order chi connectivity index (χ1) is 4.24. The molecule has 9 heavy (non-hydrogen) atoms. The van der Waals surface area contributed by atoms with Crippen LogP contribution in [0.25, 0.3) is 0 Å². The number of thioether (sulfide) groups is 1. The Balaban J connectivity index is 4.04. The topological polar surface area (TPSA) is 23.8 Å². The van der Waals surface area contributed by atoms with Gasteiger partial charge in [-0.3, -0.25) is 0 Å². The minimum absolute atomic E-state index is 0.111. The maximum absolute atomic E-state index is 8.71. The normalized spacial score (nSPS) is 10.9. The van der Waals surface area contributed by atoms with E-state index in [2.05, 4.69) is 19.9 Å². The van der Waals surface area contributed by atoms with E-state index in [0.717, 1.165) is 12.8 Å². The van der Waals surface area contributed by atoms with Crippen LogP contribution in [0.4, 0.5) is 0 Å². The van der Waals surface area contributed by atoms with Crippen molar-refractivity contribution < 1.29 is 0 Å². The van der Waals surface area contributed by atoms with E-state index in [1.807, 2.05) is 6.26 Å². The molecule has 0 fully saturated rings. The number of rotatable bonds is 3. The highest BCUT2D eigenvalue weighted by molar-refractivity contribution is 8.00. The van der Waals surface area contributed by atoms with Gasteiger partial charge in [0.2, 0.25) is 0 Å². The van der Waals surface area contributed by atoms with Crippen molar-refractivity contribution in [3.8, 4) is 6.07 Å². The number of nitrogens with zero attached hydrogens (tertiary/aromatic N) is 1. The number of hydrogen-bond donors (Lipinski definition) is 0. The first kappa shape index (κ1) is 8.84. The second kappa shape index (κ2) is 3.79. The van der Waals surface area contributed by atoms with Crippen molar-refractivity contribution in [1.82, 2.24) is 0 Å². The van der Waals surface area contributed by atoms with E-state index in [1.54, 1.807) is 11.8 Å². The zero-order chi connectivity index (χ0) is 7.33.